The van der Waals surface area contributed by atoms with Crippen molar-refractivity contribution in [2.45, 2.75) is 37.7 Å². The largest absolute Gasteiger partial charge is 0.573 e. The maximum absolute atomic E-state index is 13.9. The van der Waals surface area contributed by atoms with E-state index in [0.29, 0.717) is 18.4 Å². The van der Waals surface area contributed by atoms with Crippen molar-refractivity contribution >= 4 is 11.8 Å². The van der Waals surface area contributed by atoms with Gasteiger partial charge in [0.2, 0.25) is 5.95 Å². The van der Waals surface area contributed by atoms with Gasteiger partial charge in [-0.1, -0.05) is 0 Å². The van der Waals surface area contributed by atoms with Gasteiger partial charge in [0.05, 0.1) is 12.2 Å². The van der Waals surface area contributed by atoms with Gasteiger partial charge in [-0.05, 0) is 43.0 Å². The first kappa shape index (κ1) is 17.5. The highest BCUT2D eigenvalue weighted by Gasteiger charge is 2.43. The lowest BCUT2D eigenvalue weighted by Crippen LogP contribution is -2.44. The number of amides is 2. The van der Waals surface area contributed by atoms with Gasteiger partial charge in [-0.15, -0.1) is 13.2 Å². The topological polar surface area (TPSA) is 67.3 Å². The zero-order chi connectivity index (χ0) is 19.2. The molecule has 0 radical (unpaired) electrons. The predicted molar refractivity (Wildman–Crippen MR) is 85.4 cm³/mol. The molecule has 0 saturated carbocycles. The fourth-order valence-corrected chi connectivity index (χ4v) is 3.75. The van der Waals surface area contributed by atoms with Crippen LogP contribution < -0.4 is 10.1 Å². The van der Waals surface area contributed by atoms with Crippen LogP contribution in [0.2, 0.25) is 0 Å². The minimum absolute atomic E-state index is 0.0978. The summed E-state index contributed by atoms with van der Waals surface area (Å²) in [5, 5.41) is 2.58. The number of halogens is 4. The summed E-state index contributed by atoms with van der Waals surface area (Å²) in [5.41, 5.74) is 1.29. The number of urea groups is 1. The van der Waals surface area contributed by atoms with Crippen molar-refractivity contribution < 1.29 is 27.1 Å². The van der Waals surface area contributed by atoms with Gasteiger partial charge in [0.25, 0.3) is 0 Å². The fraction of sp³-hybridized carbons (Fsp3) is 0.353. The molecule has 0 aromatic carbocycles. The van der Waals surface area contributed by atoms with Gasteiger partial charge in [0.15, 0.2) is 0 Å². The van der Waals surface area contributed by atoms with Crippen LogP contribution in [0.5, 0.6) is 5.75 Å². The highest BCUT2D eigenvalue weighted by atomic mass is 19.4. The average Bonchev–Trinajstić information content (AvgIpc) is 2.92. The molecule has 142 valence electrons. The molecule has 6 nitrogen and oxygen atoms in total. The number of carbonyl (C=O) groups excluding carboxylic acids is 1. The van der Waals surface area contributed by atoms with Gasteiger partial charge >= 0.3 is 12.4 Å². The molecule has 2 atom stereocenters. The van der Waals surface area contributed by atoms with E-state index in [9.17, 15) is 22.4 Å². The number of nitrogens with one attached hydrogen (secondary N) is 1. The molecular formula is C17H14F4N4O2. The number of aromatic nitrogens is 2. The molecule has 0 aliphatic carbocycles. The van der Waals surface area contributed by atoms with Crippen LogP contribution in [0.4, 0.5) is 28.2 Å². The number of nitrogens with zero attached hydrogens (tertiary/aromatic N) is 3. The molecule has 0 unspecified atom stereocenters. The van der Waals surface area contributed by atoms with Crippen LogP contribution >= 0.6 is 0 Å². The molecule has 2 bridgehead atoms. The van der Waals surface area contributed by atoms with Crippen molar-refractivity contribution in [2.75, 3.05) is 5.32 Å². The molecule has 10 heteroatoms. The Kier molecular flexibility index (Phi) is 4.12. The molecule has 4 rings (SSSR count). The minimum atomic E-state index is -4.81. The molecule has 0 spiro atoms. The maximum atomic E-state index is 13.9. The van der Waals surface area contributed by atoms with E-state index in [2.05, 4.69) is 20.0 Å². The van der Waals surface area contributed by atoms with Gasteiger partial charge in [0.1, 0.15) is 11.6 Å². The van der Waals surface area contributed by atoms with Gasteiger partial charge in [-0.2, -0.15) is 4.39 Å². The van der Waals surface area contributed by atoms with Crippen molar-refractivity contribution in [3.8, 4) is 5.75 Å². The second-order valence-electron chi connectivity index (χ2n) is 6.39. The Morgan fingerprint density at radius 3 is 2.74 bits per heavy atom. The Morgan fingerprint density at radius 1 is 1.22 bits per heavy atom. The summed E-state index contributed by atoms with van der Waals surface area (Å²) in [6.07, 6.45) is -0.728. The first-order valence-electron chi connectivity index (χ1n) is 8.26. The highest BCUT2D eigenvalue weighted by molar-refractivity contribution is 5.89. The summed E-state index contributed by atoms with van der Waals surface area (Å²) >= 11 is 0. The Bertz CT molecular complexity index is 872. The quantitative estimate of drug-likeness (QED) is 0.634. The lowest BCUT2D eigenvalue weighted by Gasteiger charge is -2.36. The van der Waals surface area contributed by atoms with Crippen LogP contribution in [0.25, 0.3) is 0 Å². The second-order valence-corrected chi connectivity index (χ2v) is 6.39. The maximum Gasteiger partial charge on any atom is 0.573 e. The summed E-state index contributed by atoms with van der Waals surface area (Å²) in [4.78, 5) is 21.8. The first-order valence-corrected chi connectivity index (χ1v) is 8.26. The molecule has 27 heavy (non-hydrogen) atoms. The van der Waals surface area contributed by atoms with Crippen LogP contribution in [0.15, 0.2) is 30.6 Å². The number of hydrogen-bond donors (Lipinski definition) is 1. The summed E-state index contributed by atoms with van der Waals surface area (Å²) < 4.78 is 54.2. The van der Waals surface area contributed by atoms with E-state index in [1.54, 1.807) is 11.0 Å². The van der Waals surface area contributed by atoms with E-state index in [4.69, 9.17) is 0 Å². The lowest BCUT2D eigenvalue weighted by atomic mass is 9.95. The van der Waals surface area contributed by atoms with Crippen molar-refractivity contribution in [1.82, 2.24) is 14.9 Å². The average molecular weight is 382 g/mol. The number of alkyl halides is 3. The van der Waals surface area contributed by atoms with E-state index in [0.717, 1.165) is 24.2 Å². The van der Waals surface area contributed by atoms with E-state index in [-0.39, 0.29) is 17.9 Å². The Labute approximate surface area is 151 Å². The smallest absolute Gasteiger partial charge is 0.404 e. The van der Waals surface area contributed by atoms with Crippen molar-refractivity contribution in [3.05, 3.63) is 47.7 Å². The molecule has 2 amide bonds. The number of pyridine rings is 2. The van der Waals surface area contributed by atoms with E-state index >= 15 is 0 Å². The number of ether oxygens (including phenoxy) is 1. The molecule has 1 fully saturated rings. The summed E-state index contributed by atoms with van der Waals surface area (Å²) in [6.45, 7) is 0. The fourth-order valence-electron chi connectivity index (χ4n) is 3.75. The van der Waals surface area contributed by atoms with Gasteiger partial charge in [0, 0.05) is 17.8 Å². The third-order valence-corrected chi connectivity index (χ3v) is 4.78. The van der Waals surface area contributed by atoms with Crippen LogP contribution in [0.1, 0.15) is 30.0 Å². The lowest BCUT2D eigenvalue weighted by molar-refractivity contribution is -0.274. The molecule has 1 N–H and O–H groups in total. The molecule has 2 aliphatic heterocycles. The number of carbonyl (C=O) groups is 1. The molecule has 2 aromatic heterocycles. The SMILES string of the molecule is O=C(Nc1ccc(OC(F)(F)F)cn1)N1[C@H]2CC[C@@H]1c1ccnc(F)c1C2. The van der Waals surface area contributed by atoms with Crippen molar-refractivity contribution in [2.24, 2.45) is 0 Å². The Hall–Kier alpha value is -2.91. The standard InChI is InChI=1S/C17H14F4N4O2/c18-15-12-7-9-1-3-13(11(12)5-6-22-15)25(9)16(26)24-14-4-2-10(8-23-14)27-17(19,20)21/h2,4-6,8-9,13H,1,3,7H2,(H,23,24,26)/t9-,13+/m0/s1. The normalized spacial score (nSPS) is 21.0. The molecule has 2 aliphatic rings. The van der Waals surface area contributed by atoms with Gasteiger partial charge in [-0.25, -0.2) is 14.8 Å². The number of fused-ring (bicyclic) bond motifs is 4. The van der Waals surface area contributed by atoms with Crippen molar-refractivity contribution in [3.63, 3.8) is 0 Å². The zero-order valence-electron chi connectivity index (χ0n) is 13.8. The predicted octanol–water partition coefficient (Wildman–Crippen LogP) is 3.81. The monoisotopic (exact) mass is 382 g/mol. The third kappa shape index (κ3) is 3.38. The van der Waals surface area contributed by atoms with Gasteiger partial charge in [-0.3, -0.25) is 5.32 Å². The molecule has 4 heterocycles. The molecule has 1 saturated heterocycles. The number of anilines is 1. The van der Waals surface area contributed by atoms with Crippen LogP contribution in [-0.2, 0) is 6.42 Å². The number of hydrogen-bond acceptors (Lipinski definition) is 4. The molecule has 2 aromatic rings. The van der Waals surface area contributed by atoms with Crippen molar-refractivity contribution in [1.29, 1.82) is 0 Å². The number of rotatable bonds is 2. The minimum Gasteiger partial charge on any atom is -0.404 e. The van der Waals surface area contributed by atoms with Crippen LogP contribution in [-0.4, -0.2) is 33.3 Å². The third-order valence-electron chi connectivity index (χ3n) is 4.78. The first-order chi connectivity index (χ1) is 12.8. The van der Waals surface area contributed by atoms with E-state index in [1.165, 1.54) is 12.3 Å². The summed E-state index contributed by atoms with van der Waals surface area (Å²) in [5.74, 6) is -0.887. The van der Waals surface area contributed by atoms with Crippen LogP contribution in [0, 0.1) is 5.95 Å². The Morgan fingerprint density at radius 2 is 2.04 bits per heavy atom. The molecular weight excluding hydrogens is 368 g/mol. The second kappa shape index (κ2) is 6.36. The zero-order valence-corrected chi connectivity index (χ0v) is 13.8. The van der Waals surface area contributed by atoms with Gasteiger partial charge < -0.3 is 9.64 Å². The summed E-state index contributed by atoms with van der Waals surface area (Å²) in [6, 6.07) is 3.16. The summed E-state index contributed by atoms with van der Waals surface area (Å²) in [7, 11) is 0. The Balaban J connectivity index is 1.49. The van der Waals surface area contributed by atoms with E-state index < -0.39 is 24.1 Å². The van der Waals surface area contributed by atoms with E-state index in [1.807, 2.05) is 0 Å². The highest BCUT2D eigenvalue weighted by Crippen LogP contribution is 2.44. The van der Waals surface area contributed by atoms with Crippen LogP contribution in [0.3, 0.4) is 0 Å².